The molecule has 2 aromatic carbocycles. The maximum atomic E-state index is 12.0. The lowest BCUT2D eigenvalue weighted by molar-refractivity contribution is 0.0953. The van der Waals surface area contributed by atoms with Crippen molar-refractivity contribution in [2.24, 2.45) is 0 Å². The Balaban J connectivity index is 1.68. The molecule has 0 fully saturated rings. The van der Waals surface area contributed by atoms with Gasteiger partial charge in [-0.25, -0.2) is 4.98 Å². The Morgan fingerprint density at radius 3 is 2.96 bits per heavy atom. The maximum absolute atomic E-state index is 12.0. The molecule has 0 unspecified atom stereocenters. The van der Waals surface area contributed by atoms with E-state index in [1.165, 1.54) is 11.8 Å². The minimum atomic E-state index is -0.0268. The highest BCUT2D eigenvalue weighted by Gasteiger charge is 2.09. The van der Waals surface area contributed by atoms with Gasteiger partial charge in [0.1, 0.15) is 5.52 Å². The standard InChI is InChI=1S/C19H20N2O2S/c1-3-9-20-18(22)15-6-4-5-14(11-15)12-24-19-21-16-10-13(2)7-8-17(16)23-19/h4-8,10-11H,3,9,12H2,1-2H3,(H,20,22). The molecule has 1 aromatic heterocycles. The molecule has 0 radical (unpaired) electrons. The number of nitrogens with zero attached hydrogens (tertiary/aromatic N) is 1. The van der Waals surface area contributed by atoms with Crippen molar-refractivity contribution in [3.8, 4) is 0 Å². The average molecular weight is 340 g/mol. The first-order valence-corrected chi connectivity index (χ1v) is 9.01. The number of carbonyl (C=O) groups is 1. The van der Waals surface area contributed by atoms with Crippen molar-refractivity contribution in [1.82, 2.24) is 10.3 Å². The summed E-state index contributed by atoms with van der Waals surface area (Å²) in [5.41, 5.74) is 4.61. The third kappa shape index (κ3) is 3.97. The van der Waals surface area contributed by atoms with Crippen LogP contribution < -0.4 is 5.32 Å². The molecule has 1 heterocycles. The summed E-state index contributed by atoms with van der Waals surface area (Å²) in [5, 5.41) is 3.55. The second kappa shape index (κ2) is 7.53. The van der Waals surface area contributed by atoms with Crippen LogP contribution in [-0.4, -0.2) is 17.4 Å². The highest BCUT2D eigenvalue weighted by Crippen LogP contribution is 2.27. The first-order valence-electron chi connectivity index (χ1n) is 8.03. The zero-order valence-electron chi connectivity index (χ0n) is 13.8. The Hall–Kier alpha value is -2.27. The van der Waals surface area contributed by atoms with E-state index in [0.29, 0.717) is 23.1 Å². The summed E-state index contributed by atoms with van der Waals surface area (Å²) in [6.45, 7) is 4.77. The summed E-state index contributed by atoms with van der Waals surface area (Å²) in [6, 6.07) is 13.6. The Morgan fingerprint density at radius 2 is 2.12 bits per heavy atom. The van der Waals surface area contributed by atoms with Gasteiger partial charge in [-0.05, 0) is 48.7 Å². The Labute approximate surface area is 145 Å². The second-order valence-electron chi connectivity index (χ2n) is 5.70. The van der Waals surface area contributed by atoms with Gasteiger partial charge < -0.3 is 9.73 Å². The number of benzene rings is 2. The summed E-state index contributed by atoms with van der Waals surface area (Å²) < 4.78 is 5.75. The Morgan fingerprint density at radius 1 is 1.25 bits per heavy atom. The predicted octanol–water partition coefficient (Wildman–Crippen LogP) is 4.57. The van der Waals surface area contributed by atoms with E-state index < -0.39 is 0 Å². The zero-order valence-corrected chi connectivity index (χ0v) is 14.7. The molecule has 0 aliphatic carbocycles. The van der Waals surface area contributed by atoms with Gasteiger partial charge in [0.15, 0.2) is 5.58 Å². The van der Waals surface area contributed by atoms with Crippen LogP contribution in [0.25, 0.3) is 11.1 Å². The topological polar surface area (TPSA) is 55.1 Å². The van der Waals surface area contributed by atoms with E-state index >= 15 is 0 Å². The molecule has 0 saturated carbocycles. The number of carbonyl (C=O) groups excluding carboxylic acids is 1. The van der Waals surface area contributed by atoms with Crippen molar-refractivity contribution in [3.63, 3.8) is 0 Å². The van der Waals surface area contributed by atoms with Crippen LogP contribution >= 0.6 is 11.8 Å². The number of oxazole rings is 1. The lowest BCUT2D eigenvalue weighted by Crippen LogP contribution is -2.23. The van der Waals surface area contributed by atoms with Gasteiger partial charge in [0.05, 0.1) is 0 Å². The highest BCUT2D eigenvalue weighted by molar-refractivity contribution is 7.98. The number of aryl methyl sites for hydroxylation is 1. The molecular weight excluding hydrogens is 320 g/mol. The number of hydrogen-bond donors (Lipinski definition) is 1. The third-order valence-corrected chi connectivity index (χ3v) is 4.51. The fourth-order valence-electron chi connectivity index (χ4n) is 2.37. The fraction of sp³-hybridized carbons (Fsp3) is 0.263. The number of rotatable bonds is 6. The quantitative estimate of drug-likeness (QED) is 0.668. The fourth-order valence-corrected chi connectivity index (χ4v) is 3.15. The van der Waals surface area contributed by atoms with Crippen LogP contribution in [-0.2, 0) is 5.75 Å². The van der Waals surface area contributed by atoms with E-state index in [2.05, 4.69) is 10.3 Å². The molecule has 0 aliphatic rings. The number of amides is 1. The summed E-state index contributed by atoms with van der Waals surface area (Å²) in [5.74, 6) is 0.682. The van der Waals surface area contributed by atoms with Crippen molar-refractivity contribution in [2.75, 3.05) is 6.54 Å². The molecule has 0 saturated heterocycles. The average Bonchev–Trinajstić information content (AvgIpc) is 3.00. The summed E-state index contributed by atoms with van der Waals surface area (Å²) >= 11 is 1.53. The van der Waals surface area contributed by atoms with E-state index in [1.807, 2.05) is 56.3 Å². The van der Waals surface area contributed by atoms with Crippen LogP contribution in [0.4, 0.5) is 0 Å². The molecule has 0 aliphatic heterocycles. The largest absolute Gasteiger partial charge is 0.431 e. The Kier molecular flexibility index (Phi) is 5.20. The van der Waals surface area contributed by atoms with Crippen LogP contribution in [0, 0.1) is 6.92 Å². The summed E-state index contributed by atoms with van der Waals surface area (Å²) in [6.07, 6.45) is 0.929. The lowest BCUT2D eigenvalue weighted by Gasteiger charge is -2.05. The molecule has 24 heavy (non-hydrogen) atoms. The van der Waals surface area contributed by atoms with Crippen LogP contribution in [0.5, 0.6) is 0 Å². The van der Waals surface area contributed by atoms with Gasteiger partial charge in [0.25, 0.3) is 11.1 Å². The number of hydrogen-bond acceptors (Lipinski definition) is 4. The minimum Gasteiger partial charge on any atom is -0.431 e. The van der Waals surface area contributed by atoms with Gasteiger partial charge in [-0.1, -0.05) is 36.9 Å². The Bertz CT molecular complexity index is 857. The number of nitrogens with one attached hydrogen (secondary N) is 1. The third-order valence-electron chi connectivity index (χ3n) is 3.61. The normalized spacial score (nSPS) is 10.9. The monoisotopic (exact) mass is 340 g/mol. The van der Waals surface area contributed by atoms with Gasteiger partial charge in [0, 0.05) is 17.9 Å². The SMILES string of the molecule is CCCNC(=O)c1cccc(CSc2nc3cc(C)ccc3o2)c1. The van der Waals surface area contributed by atoms with E-state index in [0.717, 1.165) is 28.6 Å². The minimum absolute atomic E-state index is 0.0268. The highest BCUT2D eigenvalue weighted by atomic mass is 32.2. The van der Waals surface area contributed by atoms with Gasteiger partial charge >= 0.3 is 0 Å². The smallest absolute Gasteiger partial charge is 0.257 e. The van der Waals surface area contributed by atoms with Crippen molar-refractivity contribution in [3.05, 3.63) is 59.2 Å². The molecule has 4 nitrogen and oxygen atoms in total. The molecule has 3 aromatic rings. The molecule has 1 N–H and O–H groups in total. The first-order chi connectivity index (χ1) is 11.7. The number of aromatic nitrogens is 1. The molecule has 0 spiro atoms. The van der Waals surface area contributed by atoms with Crippen molar-refractivity contribution in [1.29, 1.82) is 0 Å². The zero-order chi connectivity index (χ0) is 16.9. The van der Waals surface area contributed by atoms with Crippen molar-refractivity contribution < 1.29 is 9.21 Å². The number of thioether (sulfide) groups is 1. The van der Waals surface area contributed by atoms with Gasteiger partial charge in [-0.15, -0.1) is 0 Å². The maximum Gasteiger partial charge on any atom is 0.257 e. The van der Waals surface area contributed by atoms with Gasteiger partial charge in [-0.3, -0.25) is 4.79 Å². The predicted molar refractivity (Wildman–Crippen MR) is 97.4 cm³/mol. The van der Waals surface area contributed by atoms with E-state index in [4.69, 9.17) is 4.42 Å². The molecule has 1 amide bonds. The van der Waals surface area contributed by atoms with Gasteiger partial charge in [-0.2, -0.15) is 0 Å². The summed E-state index contributed by atoms with van der Waals surface area (Å²) in [7, 11) is 0. The molecular formula is C19H20N2O2S. The van der Waals surface area contributed by atoms with E-state index in [9.17, 15) is 4.79 Å². The summed E-state index contributed by atoms with van der Waals surface area (Å²) in [4.78, 5) is 16.5. The molecule has 3 rings (SSSR count). The van der Waals surface area contributed by atoms with E-state index in [1.54, 1.807) is 0 Å². The molecule has 124 valence electrons. The molecule has 0 bridgehead atoms. The van der Waals surface area contributed by atoms with Crippen LogP contribution in [0.2, 0.25) is 0 Å². The van der Waals surface area contributed by atoms with Crippen LogP contribution in [0.1, 0.15) is 34.8 Å². The lowest BCUT2D eigenvalue weighted by atomic mass is 10.1. The van der Waals surface area contributed by atoms with Gasteiger partial charge in [0.2, 0.25) is 0 Å². The number of fused-ring (bicyclic) bond motifs is 1. The van der Waals surface area contributed by atoms with Crippen LogP contribution in [0.3, 0.4) is 0 Å². The molecule has 5 heteroatoms. The van der Waals surface area contributed by atoms with Crippen LogP contribution in [0.15, 0.2) is 52.1 Å². The van der Waals surface area contributed by atoms with Crippen molar-refractivity contribution >= 4 is 28.8 Å². The van der Waals surface area contributed by atoms with Crippen molar-refractivity contribution in [2.45, 2.75) is 31.2 Å². The second-order valence-corrected chi connectivity index (χ2v) is 6.62. The first kappa shape index (κ1) is 16.6. The molecule has 0 atom stereocenters. The van der Waals surface area contributed by atoms with E-state index in [-0.39, 0.29) is 5.91 Å².